The third-order valence-electron chi connectivity index (χ3n) is 2.67. The topological polar surface area (TPSA) is 33.1 Å². The maximum atomic E-state index is 12.5. The summed E-state index contributed by atoms with van der Waals surface area (Å²) in [7, 11) is 0. The maximum absolute atomic E-state index is 12.5. The van der Waals surface area contributed by atoms with Crippen molar-refractivity contribution in [2.75, 3.05) is 0 Å². The number of alkyl halides is 3. The minimum atomic E-state index is -4.33. The molecule has 0 saturated carbocycles. The van der Waals surface area contributed by atoms with Crippen LogP contribution in [-0.4, -0.2) is 10.1 Å². The van der Waals surface area contributed by atoms with Gasteiger partial charge in [-0.15, -0.1) is 11.3 Å². The summed E-state index contributed by atoms with van der Waals surface area (Å²) in [6, 6.07) is 4.86. The van der Waals surface area contributed by atoms with Crippen molar-refractivity contribution in [3.8, 4) is 10.6 Å². The normalized spacial score (nSPS) is 13.6. The Bertz CT molecular complexity index is 573. The van der Waals surface area contributed by atoms with Gasteiger partial charge in [-0.1, -0.05) is 12.1 Å². The van der Waals surface area contributed by atoms with E-state index >= 15 is 0 Å². The van der Waals surface area contributed by atoms with Gasteiger partial charge in [0.2, 0.25) is 0 Å². The van der Waals surface area contributed by atoms with Crippen LogP contribution in [0, 0.1) is 6.92 Å². The Morgan fingerprint density at radius 2 is 1.79 bits per heavy atom. The van der Waals surface area contributed by atoms with E-state index in [1.807, 2.05) is 0 Å². The highest BCUT2D eigenvalue weighted by atomic mass is 32.1. The maximum Gasteiger partial charge on any atom is 0.416 e. The quantitative estimate of drug-likeness (QED) is 0.898. The molecule has 2 rings (SSSR count). The number of benzene rings is 1. The molecule has 1 unspecified atom stereocenters. The molecule has 1 N–H and O–H groups in total. The van der Waals surface area contributed by atoms with Gasteiger partial charge in [0, 0.05) is 5.56 Å². The van der Waals surface area contributed by atoms with E-state index in [2.05, 4.69) is 4.98 Å². The fourth-order valence-corrected chi connectivity index (χ4v) is 2.73. The first-order chi connectivity index (χ1) is 8.79. The molecule has 1 atom stereocenters. The van der Waals surface area contributed by atoms with E-state index in [1.54, 1.807) is 13.8 Å². The van der Waals surface area contributed by atoms with E-state index in [0.29, 0.717) is 16.3 Å². The summed E-state index contributed by atoms with van der Waals surface area (Å²) < 4.78 is 37.4. The Labute approximate surface area is 112 Å². The molecule has 0 aliphatic carbocycles. The van der Waals surface area contributed by atoms with Gasteiger partial charge in [-0.3, -0.25) is 0 Å². The molecule has 0 spiro atoms. The van der Waals surface area contributed by atoms with Crippen molar-refractivity contribution in [1.82, 2.24) is 4.98 Å². The van der Waals surface area contributed by atoms with Crippen LogP contribution in [0.2, 0.25) is 0 Å². The molecule has 0 aliphatic rings. The van der Waals surface area contributed by atoms with Crippen LogP contribution in [0.3, 0.4) is 0 Å². The molecule has 1 aromatic carbocycles. The Morgan fingerprint density at radius 3 is 2.21 bits per heavy atom. The van der Waals surface area contributed by atoms with Crippen molar-refractivity contribution in [2.45, 2.75) is 26.1 Å². The van der Waals surface area contributed by atoms with Crippen LogP contribution in [0.25, 0.3) is 10.6 Å². The lowest BCUT2D eigenvalue weighted by molar-refractivity contribution is -0.137. The van der Waals surface area contributed by atoms with Crippen LogP contribution in [0.4, 0.5) is 13.2 Å². The Hall–Kier alpha value is -1.40. The van der Waals surface area contributed by atoms with Crippen LogP contribution >= 0.6 is 11.3 Å². The Kier molecular flexibility index (Phi) is 3.64. The first-order valence-corrected chi connectivity index (χ1v) is 6.43. The van der Waals surface area contributed by atoms with E-state index < -0.39 is 17.8 Å². The second-order valence-corrected chi connectivity index (χ2v) is 5.25. The van der Waals surface area contributed by atoms with E-state index in [9.17, 15) is 18.3 Å². The second kappa shape index (κ2) is 4.94. The fraction of sp³-hybridized carbons (Fsp3) is 0.308. The standard InChI is InChI=1S/C13H12F3NOS/c1-7-11(8(2)18)19-12(17-7)9-3-5-10(6-4-9)13(14,15)16/h3-6,8,18H,1-2H3. The van der Waals surface area contributed by atoms with Gasteiger partial charge in [-0.05, 0) is 26.0 Å². The van der Waals surface area contributed by atoms with Crippen LogP contribution in [0.15, 0.2) is 24.3 Å². The summed E-state index contributed by atoms with van der Waals surface area (Å²) in [5.41, 5.74) is 0.642. The molecule has 2 nitrogen and oxygen atoms in total. The Balaban J connectivity index is 2.35. The zero-order valence-corrected chi connectivity index (χ0v) is 11.1. The number of hydrogen-bond acceptors (Lipinski definition) is 3. The summed E-state index contributed by atoms with van der Waals surface area (Å²) in [6.45, 7) is 3.41. The molecular weight excluding hydrogens is 275 g/mol. The number of aromatic nitrogens is 1. The summed E-state index contributed by atoms with van der Waals surface area (Å²) in [4.78, 5) is 5.00. The molecule has 19 heavy (non-hydrogen) atoms. The Morgan fingerprint density at radius 1 is 1.21 bits per heavy atom. The van der Waals surface area contributed by atoms with Crippen molar-refractivity contribution in [2.24, 2.45) is 0 Å². The largest absolute Gasteiger partial charge is 0.416 e. The van der Waals surface area contributed by atoms with Gasteiger partial charge in [0.1, 0.15) is 5.01 Å². The van der Waals surface area contributed by atoms with E-state index in [0.717, 1.165) is 17.0 Å². The lowest BCUT2D eigenvalue weighted by atomic mass is 10.1. The predicted molar refractivity (Wildman–Crippen MR) is 67.9 cm³/mol. The van der Waals surface area contributed by atoms with Gasteiger partial charge in [-0.2, -0.15) is 13.2 Å². The molecule has 1 aromatic heterocycles. The molecule has 0 bridgehead atoms. The molecule has 0 radical (unpaired) electrons. The summed E-state index contributed by atoms with van der Waals surface area (Å²) in [6.07, 6.45) is -4.96. The van der Waals surface area contributed by atoms with Crippen molar-refractivity contribution in [1.29, 1.82) is 0 Å². The van der Waals surface area contributed by atoms with E-state index in [1.165, 1.54) is 23.5 Å². The van der Waals surface area contributed by atoms with Crippen LogP contribution in [0.1, 0.15) is 29.2 Å². The third kappa shape index (κ3) is 2.96. The molecule has 1 heterocycles. The molecule has 2 aromatic rings. The molecule has 0 saturated heterocycles. The van der Waals surface area contributed by atoms with E-state index in [-0.39, 0.29) is 0 Å². The summed E-state index contributed by atoms with van der Waals surface area (Å²) >= 11 is 1.29. The first kappa shape index (κ1) is 14.0. The number of thiazole rings is 1. The number of halogens is 3. The average molecular weight is 287 g/mol. The zero-order chi connectivity index (χ0) is 14.2. The van der Waals surface area contributed by atoms with E-state index in [4.69, 9.17) is 0 Å². The van der Waals surface area contributed by atoms with Gasteiger partial charge in [0.25, 0.3) is 0 Å². The van der Waals surface area contributed by atoms with Crippen LogP contribution in [-0.2, 0) is 6.18 Å². The molecule has 0 aliphatic heterocycles. The smallest absolute Gasteiger partial charge is 0.388 e. The minimum absolute atomic E-state index is 0.613. The van der Waals surface area contributed by atoms with Gasteiger partial charge in [0.15, 0.2) is 0 Å². The number of rotatable bonds is 2. The van der Waals surface area contributed by atoms with Gasteiger partial charge < -0.3 is 5.11 Å². The number of aliphatic hydroxyl groups excluding tert-OH is 1. The van der Waals surface area contributed by atoms with Crippen LogP contribution < -0.4 is 0 Å². The number of aliphatic hydroxyl groups is 1. The molecule has 0 fully saturated rings. The van der Waals surface area contributed by atoms with Crippen molar-refractivity contribution >= 4 is 11.3 Å². The predicted octanol–water partition coefficient (Wildman–Crippen LogP) is 4.19. The fourth-order valence-electron chi connectivity index (χ4n) is 1.72. The van der Waals surface area contributed by atoms with Crippen molar-refractivity contribution in [3.63, 3.8) is 0 Å². The lowest BCUT2D eigenvalue weighted by Gasteiger charge is -2.06. The number of hydrogen-bond donors (Lipinski definition) is 1. The summed E-state index contributed by atoms with van der Waals surface area (Å²) in [5, 5.41) is 10.2. The lowest BCUT2D eigenvalue weighted by Crippen LogP contribution is -2.03. The minimum Gasteiger partial charge on any atom is -0.388 e. The van der Waals surface area contributed by atoms with Gasteiger partial charge >= 0.3 is 6.18 Å². The molecule has 6 heteroatoms. The zero-order valence-electron chi connectivity index (χ0n) is 10.3. The monoisotopic (exact) mass is 287 g/mol. The van der Waals surface area contributed by atoms with Crippen molar-refractivity contribution < 1.29 is 18.3 Å². The van der Waals surface area contributed by atoms with Crippen LogP contribution in [0.5, 0.6) is 0 Å². The summed E-state index contributed by atoms with van der Waals surface area (Å²) in [5.74, 6) is 0. The molecule has 102 valence electrons. The number of aryl methyl sites for hydroxylation is 1. The van der Waals surface area contributed by atoms with Gasteiger partial charge in [0.05, 0.1) is 22.2 Å². The first-order valence-electron chi connectivity index (χ1n) is 5.62. The highest BCUT2D eigenvalue weighted by Crippen LogP contribution is 2.34. The molecule has 0 amide bonds. The van der Waals surface area contributed by atoms with Gasteiger partial charge in [-0.25, -0.2) is 4.98 Å². The second-order valence-electron chi connectivity index (χ2n) is 4.22. The number of nitrogens with zero attached hydrogens (tertiary/aromatic N) is 1. The molecular formula is C13H12F3NOS. The highest BCUT2D eigenvalue weighted by Gasteiger charge is 2.30. The van der Waals surface area contributed by atoms with Crippen molar-refractivity contribution in [3.05, 3.63) is 40.4 Å². The third-order valence-corrected chi connectivity index (χ3v) is 4.05. The average Bonchev–Trinajstić information content (AvgIpc) is 2.70. The highest BCUT2D eigenvalue weighted by molar-refractivity contribution is 7.15. The SMILES string of the molecule is Cc1nc(-c2ccc(C(F)(F)F)cc2)sc1C(C)O.